The van der Waals surface area contributed by atoms with Gasteiger partial charge in [-0.05, 0) is 51.1 Å². The third-order valence-electron chi connectivity index (χ3n) is 5.55. The monoisotopic (exact) mass is 392 g/mol. The van der Waals surface area contributed by atoms with Crippen LogP contribution in [0.2, 0.25) is 0 Å². The summed E-state index contributed by atoms with van der Waals surface area (Å²) in [5.74, 6) is -0.313. The van der Waals surface area contributed by atoms with Crippen LogP contribution in [-0.4, -0.2) is 46.8 Å². The van der Waals surface area contributed by atoms with E-state index in [2.05, 4.69) is 5.32 Å². The normalized spacial score (nSPS) is 14.9. The average molecular weight is 392 g/mol. The second-order valence-electron chi connectivity index (χ2n) is 7.53. The lowest BCUT2D eigenvalue weighted by Crippen LogP contribution is -2.44. The van der Waals surface area contributed by atoms with Crippen LogP contribution in [0, 0.1) is 12.7 Å². The van der Waals surface area contributed by atoms with Crippen molar-refractivity contribution in [2.45, 2.75) is 25.8 Å². The molecule has 29 heavy (non-hydrogen) atoms. The number of aromatic nitrogens is 2. The quantitative estimate of drug-likeness (QED) is 0.735. The number of carbonyl (C=O) groups is 1. The van der Waals surface area contributed by atoms with E-state index in [0.29, 0.717) is 23.0 Å². The van der Waals surface area contributed by atoms with E-state index in [1.807, 2.05) is 43.1 Å². The van der Waals surface area contributed by atoms with E-state index in [4.69, 9.17) is 5.10 Å². The molecule has 1 aromatic heterocycles. The number of amides is 1. The molecule has 0 saturated carbocycles. The molecule has 1 aliphatic heterocycles. The Hall–Kier alpha value is -2.99. The summed E-state index contributed by atoms with van der Waals surface area (Å²) in [6.07, 6.45) is 3.64. The molecule has 1 N–H and O–H groups in total. The van der Waals surface area contributed by atoms with Crippen LogP contribution in [0.1, 0.15) is 28.8 Å². The van der Waals surface area contributed by atoms with Gasteiger partial charge in [0.15, 0.2) is 0 Å². The van der Waals surface area contributed by atoms with Crippen LogP contribution in [0.5, 0.6) is 0 Å². The average Bonchev–Trinajstić information content (AvgIpc) is 3.19. The maximum Gasteiger partial charge on any atom is 0.257 e. The molecule has 0 aliphatic carbocycles. The summed E-state index contributed by atoms with van der Waals surface area (Å²) in [7, 11) is 1.96. The van der Waals surface area contributed by atoms with Crippen molar-refractivity contribution in [3.05, 3.63) is 71.7 Å². The zero-order valence-electron chi connectivity index (χ0n) is 16.7. The Morgan fingerprint density at radius 3 is 2.34 bits per heavy atom. The minimum absolute atomic E-state index is 0.0107. The molecule has 4 rings (SSSR count). The second-order valence-corrected chi connectivity index (χ2v) is 7.53. The summed E-state index contributed by atoms with van der Waals surface area (Å²) in [5.41, 5.74) is 3.97. The Morgan fingerprint density at radius 2 is 1.72 bits per heavy atom. The molecule has 5 nitrogen and oxygen atoms in total. The smallest absolute Gasteiger partial charge is 0.257 e. The minimum atomic E-state index is -0.302. The molecule has 1 aliphatic rings. The summed E-state index contributed by atoms with van der Waals surface area (Å²) in [5, 5.41) is 7.98. The molecule has 0 unspecified atom stereocenters. The van der Waals surface area contributed by atoms with Crippen LogP contribution in [0.4, 0.5) is 4.39 Å². The number of hydrogen-bond donors (Lipinski definition) is 1. The number of likely N-dealkylation sites (tertiary alicyclic amines) is 1. The first-order valence-electron chi connectivity index (χ1n) is 9.94. The Labute approximate surface area is 170 Å². The molecule has 2 aromatic carbocycles. The molecule has 1 fully saturated rings. The highest BCUT2D eigenvalue weighted by atomic mass is 19.1. The molecular weight excluding hydrogens is 367 g/mol. The van der Waals surface area contributed by atoms with Crippen molar-refractivity contribution < 1.29 is 9.18 Å². The van der Waals surface area contributed by atoms with Gasteiger partial charge < -0.3 is 10.2 Å². The second kappa shape index (κ2) is 8.17. The lowest BCUT2D eigenvalue weighted by Gasteiger charge is -2.31. The zero-order valence-corrected chi connectivity index (χ0v) is 16.7. The van der Waals surface area contributed by atoms with Gasteiger partial charge >= 0.3 is 0 Å². The number of hydrogen-bond acceptors (Lipinski definition) is 3. The molecule has 0 radical (unpaired) electrons. The fraction of sp³-hybridized carbons (Fsp3) is 0.304. The predicted octanol–water partition coefficient (Wildman–Crippen LogP) is 3.81. The summed E-state index contributed by atoms with van der Waals surface area (Å²) in [6, 6.07) is 14.6. The van der Waals surface area contributed by atoms with Crippen LogP contribution in [0.25, 0.3) is 16.9 Å². The van der Waals surface area contributed by atoms with Crippen LogP contribution in [-0.2, 0) is 0 Å². The molecule has 0 atom stereocenters. The number of aryl methyl sites for hydroxylation is 1. The molecule has 3 aromatic rings. The lowest BCUT2D eigenvalue weighted by atomic mass is 10.0. The van der Waals surface area contributed by atoms with Gasteiger partial charge in [0, 0.05) is 30.9 Å². The summed E-state index contributed by atoms with van der Waals surface area (Å²) < 4.78 is 15.0. The molecular formula is C23H25FN4O. The Bertz CT molecular complexity index is 987. The standard InChI is InChI=1S/C23H25FN4O/c1-16-3-5-17(6-4-16)22-21(23(29)27-13-11-19(25-2)12-14-27)15-28(26-22)20-9-7-18(24)8-10-20/h3-10,15,19,25H,11-14H2,1-2H3. The summed E-state index contributed by atoms with van der Waals surface area (Å²) in [4.78, 5) is 15.2. The van der Waals surface area contributed by atoms with Gasteiger partial charge in [0.1, 0.15) is 11.5 Å². The van der Waals surface area contributed by atoms with Crippen LogP contribution in [0.3, 0.4) is 0 Å². The van der Waals surface area contributed by atoms with Crippen molar-refractivity contribution in [2.75, 3.05) is 20.1 Å². The van der Waals surface area contributed by atoms with E-state index in [0.717, 1.165) is 37.1 Å². The van der Waals surface area contributed by atoms with Gasteiger partial charge in [0.2, 0.25) is 0 Å². The van der Waals surface area contributed by atoms with E-state index in [9.17, 15) is 9.18 Å². The number of benzene rings is 2. The molecule has 150 valence electrons. The number of piperidine rings is 1. The largest absolute Gasteiger partial charge is 0.338 e. The van der Waals surface area contributed by atoms with Crippen molar-refractivity contribution in [1.82, 2.24) is 20.0 Å². The molecule has 2 heterocycles. The van der Waals surface area contributed by atoms with Gasteiger partial charge in [-0.15, -0.1) is 0 Å². The predicted molar refractivity (Wildman–Crippen MR) is 112 cm³/mol. The maximum absolute atomic E-state index is 13.3. The molecule has 6 heteroatoms. The molecule has 0 spiro atoms. The number of rotatable bonds is 4. The Morgan fingerprint density at radius 1 is 1.07 bits per heavy atom. The molecule has 1 saturated heterocycles. The van der Waals surface area contributed by atoms with E-state index in [1.54, 1.807) is 23.0 Å². The van der Waals surface area contributed by atoms with Gasteiger partial charge in [-0.25, -0.2) is 9.07 Å². The van der Waals surface area contributed by atoms with Crippen LogP contribution in [0.15, 0.2) is 54.7 Å². The highest BCUT2D eigenvalue weighted by Crippen LogP contribution is 2.26. The zero-order chi connectivity index (χ0) is 20.4. The summed E-state index contributed by atoms with van der Waals surface area (Å²) in [6.45, 7) is 3.47. The third-order valence-corrected chi connectivity index (χ3v) is 5.55. The number of carbonyl (C=O) groups excluding carboxylic acids is 1. The van der Waals surface area contributed by atoms with Crippen LogP contribution >= 0.6 is 0 Å². The number of halogens is 1. The Balaban J connectivity index is 1.71. The van der Waals surface area contributed by atoms with Gasteiger partial charge in [-0.2, -0.15) is 5.10 Å². The van der Waals surface area contributed by atoms with Crippen molar-refractivity contribution in [3.8, 4) is 16.9 Å². The van der Waals surface area contributed by atoms with Crippen molar-refractivity contribution in [1.29, 1.82) is 0 Å². The first-order valence-corrected chi connectivity index (χ1v) is 9.94. The van der Waals surface area contributed by atoms with Gasteiger partial charge in [0.05, 0.1) is 11.3 Å². The SMILES string of the molecule is CNC1CCN(C(=O)c2cn(-c3ccc(F)cc3)nc2-c2ccc(C)cc2)CC1. The number of nitrogens with one attached hydrogen (secondary N) is 1. The molecule has 0 bridgehead atoms. The third kappa shape index (κ3) is 4.07. The maximum atomic E-state index is 13.3. The van der Waals surface area contributed by atoms with Crippen molar-refractivity contribution in [2.24, 2.45) is 0 Å². The number of nitrogens with zero attached hydrogens (tertiary/aromatic N) is 3. The van der Waals surface area contributed by atoms with Gasteiger partial charge in [-0.3, -0.25) is 4.79 Å². The van der Waals surface area contributed by atoms with Gasteiger partial charge in [-0.1, -0.05) is 29.8 Å². The van der Waals surface area contributed by atoms with E-state index in [1.165, 1.54) is 12.1 Å². The van der Waals surface area contributed by atoms with E-state index < -0.39 is 0 Å². The van der Waals surface area contributed by atoms with Crippen molar-refractivity contribution in [3.63, 3.8) is 0 Å². The van der Waals surface area contributed by atoms with Gasteiger partial charge in [0.25, 0.3) is 5.91 Å². The fourth-order valence-corrected chi connectivity index (χ4v) is 3.72. The first-order chi connectivity index (χ1) is 14.0. The fourth-order valence-electron chi connectivity index (χ4n) is 3.72. The van der Waals surface area contributed by atoms with E-state index >= 15 is 0 Å². The van der Waals surface area contributed by atoms with E-state index in [-0.39, 0.29) is 11.7 Å². The van der Waals surface area contributed by atoms with Crippen LogP contribution < -0.4 is 5.32 Å². The highest BCUT2D eigenvalue weighted by Gasteiger charge is 2.27. The molecule has 1 amide bonds. The first kappa shape index (κ1) is 19.3. The lowest BCUT2D eigenvalue weighted by molar-refractivity contribution is 0.0708. The Kier molecular flexibility index (Phi) is 5.45. The summed E-state index contributed by atoms with van der Waals surface area (Å²) >= 11 is 0. The minimum Gasteiger partial charge on any atom is -0.338 e. The topological polar surface area (TPSA) is 50.2 Å². The van der Waals surface area contributed by atoms with Crippen molar-refractivity contribution >= 4 is 5.91 Å². The highest BCUT2D eigenvalue weighted by molar-refractivity contribution is 6.00.